The average Bonchev–Trinajstić information content (AvgIpc) is 3.01. The molecule has 0 saturated carbocycles. The van der Waals surface area contributed by atoms with Crippen molar-refractivity contribution in [1.82, 2.24) is 19.7 Å². The van der Waals surface area contributed by atoms with E-state index >= 15 is 0 Å². The van der Waals surface area contributed by atoms with Crippen molar-refractivity contribution in [3.8, 4) is 17.1 Å². The highest BCUT2D eigenvalue weighted by Crippen LogP contribution is 2.37. The van der Waals surface area contributed by atoms with Crippen LogP contribution >= 0.6 is 23.2 Å². The van der Waals surface area contributed by atoms with Crippen molar-refractivity contribution in [3.63, 3.8) is 0 Å². The molecule has 0 fully saturated rings. The molecular weight excluding hydrogens is 371 g/mol. The number of methoxy groups -OCH3 is 1. The van der Waals surface area contributed by atoms with E-state index in [0.29, 0.717) is 21.6 Å². The highest BCUT2D eigenvalue weighted by molar-refractivity contribution is 6.36. The minimum Gasteiger partial charge on any atom is -0.478 e. The van der Waals surface area contributed by atoms with Crippen LogP contribution in [-0.4, -0.2) is 26.9 Å². The van der Waals surface area contributed by atoms with E-state index in [-0.39, 0.29) is 6.04 Å². The molecule has 0 radical (unpaired) electrons. The highest BCUT2D eigenvalue weighted by Gasteiger charge is 2.23. The Hall–Kier alpha value is -1.85. The average molecular weight is 393 g/mol. The number of aryl methyl sites for hydroxylation is 1. The lowest BCUT2D eigenvalue weighted by molar-refractivity contribution is 0.392. The van der Waals surface area contributed by atoms with Crippen LogP contribution in [0.4, 0.5) is 0 Å². The number of benzene rings is 1. The number of nitrogens with zero attached hydrogens (tertiary/aromatic N) is 4. The zero-order valence-corrected chi connectivity index (χ0v) is 16.9. The van der Waals surface area contributed by atoms with Gasteiger partial charge in [0.25, 0.3) is 5.88 Å². The Labute approximate surface area is 163 Å². The maximum Gasteiger partial charge on any atom is 0.259 e. The van der Waals surface area contributed by atoms with Gasteiger partial charge in [-0.1, -0.05) is 43.5 Å². The number of aromatic nitrogens is 4. The Balaban J connectivity index is 2.34. The summed E-state index contributed by atoms with van der Waals surface area (Å²) in [5.74, 6) is 1.46. The monoisotopic (exact) mass is 392 g/mol. The van der Waals surface area contributed by atoms with Gasteiger partial charge in [-0.05, 0) is 31.5 Å². The molecular formula is C19H22Cl2N4O. The van der Waals surface area contributed by atoms with Crippen molar-refractivity contribution in [2.75, 3.05) is 7.11 Å². The van der Waals surface area contributed by atoms with Crippen LogP contribution in [0, 0.1) is 0 Å². The molecule has 2 heterocycles. The fourth-order valence-corrected chi connectivity index (χ4v) is 3.81. The summed E-state index contributed by atoms with van der Waals surface area (Å²) in [6.07, 6.45) is 2.93. The molecule has 0 amide bonds. The fourth-order valence-electron chi connectivity index (χ4n) is 3.31. The first-order valence-corrected chi connectivity index (χ1v) is 9.54. The summed E-state index contributed by atoms with van der Waals surface area (Å²) in [6, 6.07) is 5.62. The van der Waals surface area contributed by atoms with E-state index in [1.54, 1.807) is 19.2 Å². The number of ether oxygens (including phenoxy) is 1. The Morgan fingerprint density at radius 1 is 1.19 bits per heavy atom. The van der Waals surface area contributed by atoms with Crippen LogP contribution in [0.15, 0.2) is 18.2 Å². The van der Waals surface area contributed by atoms with Crippen LogP contribution in [-0.2, 0) is 6.42 Å². The number of hydrogen-bond donors (Lipinski definition) is 0. The molecule has 0 aliphatic carbocycles. The van der Waals surface area contributed by atoms with Gasteiger partial charge < -0.3 is 9.30 Å². The summed E-state index contributed by atoms with van der Waals surface area (Å²) >= 11 is 12.5. The summed E-state index contributed by atoms with van der Waals surface area (Å²) < 4.78 is 7.73. The van der Waals surface area contributed by atoms with Gasteiger partial charge in [0.05, 0.1) is 12.1 Å². The van der Waals surface area contributed by atoms with Crippen LogP contribution in [0.3, 0.4) is 0 Å². The van der Waals surface area contributed by atoms with Gasteiger partial charge >= 0.3 is 0 Å². The van der Waals surface area contributed by atoms with Crippen molar-refractivity contribution < 1.29 is 4.74 Å². The SMILES string of the molecule is CCCC(C)n1c(CC)nc2c(-c3ccc(Cl)cc3Cl)nnc(OC)c21. The van der Waals surface area contributed by atoms with E-state index < -0.39 is 0 Å². The third kappa shape index (κ3) is 3.26. The smallest absolute Gasteiger partial charge is 0.259 e. The van der Waals surface area contributed by atoms with Gasteiger partial charge in [0.15, 0.2) is 0 Å². The largest absolute Gasteiger partial charge is 0.478 e. The van der Waals surface area contributed by atoms with Gasteiger partial charge in [0.2, 0.25) is 0 Å². The van der Waals surface area contributed by atoms with E-state index in [1.165, 1.54) is 0 Å². The number of halogens is 2. The molecule has 0 aliphatic heterocycles. The number of imidazole rings is 1. The van der Waals surface area contributed by atoms with Crippen molar-refractivity contribution in [1.29, 1.82) is 0 Å². The molecule has 1 unspecified atom stereocenters. The maximum absolute atomic E-state index is 6.41. The van der Waals surface area contributed by atoms with Gasteiger partial charge in [0.1, 0.15) is 22.6 Å². The van der Waals surface area contributed by atoms with Gasteiger partial charge in [0, 0.05) is 23.0 Å². The minimum atomic E-state index is 0.284. The van der Waals surface area contributed by atoms with E-state index in [2.05, 4.69) is 35.5 Å². The first kappa shape index (κ1) is 18.9. The van der Waals surface area contributed by atoms with Crippen LogP contribution in [0.25, 0.3) is 22.3 Å². The number of rotatable bonds is 6. The summed E-state index contributed by atoms with van der Waals surface area (Å²) in [7, 11) is 1.60. The standard InChI is InChI=1S/C19H22Cl2N4O/c1-5-7-11(3)25-15(6-2)22-17-16(23-24-19(26-4)18(17)25)13-9-8-12(20)10-14(13)21/h8-11H,5-7H2,1-4H3. The molecule has 7 heteroatoms. The van der Waals surface area contributed by atoms with Crippen molar-refractivity contribution in [2.24, 2.45) is 0 Å². The van der Waals surface area contributed by atoms with Crippen LogP contribution in [0.2, 0.25) is 10.0 Å². The zero-order valence-electron chi connectivity index (χ0n) is 15.4. The quantitative estimate of drug-likeness (QED) is 0.537. The number of hydrogen-bond acceptors (Lipinski definition) is 4. The highest BCUT2D eigenvalue weighted by atomic mass is 35.5. The third-order valence-corrected chi connectivity index (χ3v) is 5.04. The Bertz CT molecular complexity index is 939. The zero-order chi connectivity index (χ0) is 18.8. The molecule has 2 aromatic heterocycles. The normalized spacial score (nSPS) is 12.5. The Morgan fingerprint density at radius 2 is 1.96 bits per heavy atom. The Kier molecular flexibility index (Phi) is 5.68. The minimum absolute atomic E-state index is 0.284. The molecule has 3 rings (SSSR count). The molecule has 0 N–H and O–H groups in total. The van der Waals surface area contributed by atoms with Crippen LogP contribution in [0.5, 0.6) is 5.88 Å². The molecule has 0 saturated heterocycles. The Morgan fingerprint density at radius 3 is 2.58 bits per heavy atom. The van der Waals surface area contributed by atoms with Crippen molar-refractivity contribution in [3.05, 3.63) is 34.1 Å². The molecule has 5 nitrogen and oxygen atoms in total. The summed E-state index contributed by atoms with van der Waals surface area (Å²) in [4.78, 5) is 4.87. The topological polar surface area (TPSA) is 52.8 Å². The molecule has 0 bridgehead atoms. The van der Waals surface area contributed by atoms with Crippen molar-refractivity contribution in [2.45, 2.75) is 46.1 Å². The van der Waals surface area contributed by atoms with Crippen LogP contribution in [0.1, 0.15) is 45.5 Å². The second kappa shape index (κ2) is 7.80. The second-order valence-corrected chi connectivity index (χ2v) is 7.11. The van der Waals surface area contributed by atoms with E-state index in [4.69, 9.17) is 32.9 Å². The predicted molar refractivity (Wildman–Crippen MR) is 106 cm³/mol. The maximum atomic E-state index is 6.41. The molecule has 26 heavy (non-hydrogen) atoms. The lowest BCUT2D eigenvalue weighted by Crippen LogP contribution is -2.10. The second-order valence-electron chi connectivity index (χ2n) is 6.27. The molecule has 3 aromatic rings. The molecule has 1 aromatic carbocycles. The molecule has 1 atom stereocenters. The van der Waals surface area contributed by atoms with Gasteiger partial charge in [-0.3, -0.25) is 0 Å². The molecule has 0 aliphatic rings. The van der Waals surface area contributed by atoms with Gasteiger partial charge in [-0.25, -0.2) is 4.98 Å². The van der Waals surface area contributed by atoms with E-state index in [9.17, 15) is 0 Å². The van der Waals surface area contributed by atoms with Crippen molar-refractivity contribution >= 4 is 34.2 Å². The van der Waals surface area contributed by atoms with E-state index in [0.717, 1.165) is 41.7 Å². The number of fused-ring (bicyclic) bond motifs is 1. The summed E-state index contributed by atoms with van der Waals surface area (Å²) in [6.45, 7) is 6.47. The molecule has 138 valence electrons. The van der Waals surface area contributed by atoms with Crippen LogP contribution < -0.4 is 4.74 Å². The predicted octanol–water partition coefficient (Wildman–Crippen LogP) is 5.73. The lowest BCUT2D eigenvalue weighted by atomic mass is 10.1. The first-order chi connectivity index (χ1) is 12.5. The van der Waals surface area contributed by atoms with E-state index in [1.807, 2.05) is 6.07 Å². The third-order valence-electron chi connectivity index (χ3n) is 4.49. The van der Waals surface area contributed by atoms with Gasteiger partial charge in [-0.15, -0.1) is 10.2 Å². The first-order valence-electron chi connectivity index (χ1n) is 8.78. The fraction of sp³-hybridized carbons (Fsp3) is 0.421. The lowest BCUT2D eigenvalue weighted by Gasteiger charge is -2.17. The summed E-state index contributed by atoms with van der Waals surface area (Å²) in [5, 5.41) is 9.74. The molecule has 0 spiro atoms. The van der Waals surface area contributed by atoms with Gasteiger partial charge in [-0.2, -0.15) is 0 Å². The summed E-state index contributed by atoms with van der Waals surface area (Å²) in [5.41, 5.74) is 3.01.